The number of rotatable bonds is 2. The van der Waals surface area contributed by atoms with Gasteiger partial charge in [-0.1, -0.05) is 19.0 Å². The third-order valence-corrected chi connectivity index (χ3v) is 4.68. The normalized spacial score (nSPS) is 27.2. The molecule has 7 heteroatoms. The highest BCUT2D eigenvalue weighted by molar-refractivity contribution is 6.31. The summed E-state index contributed by atoms with van der Waals surface area (Å²) in [6, 6.07) is 1.90. The number of nitrogens with zero attached hydrogens (tertiary/aromatic N) is 2. The third kappa shape index (κ3) is 2.22. The van der Waals surface area contributed by atoms with E-state index in [0.29, 0.717) is 24.6 Å². The fraction of sp³-hybridized carbons (Fsp3) is 0.562. The van der Waals surface area contributed by atoms with Crippen molar-refractivity contribution in [3.05, 3.63) is 23.2 Å². The van der Waals surface area contributed by atoms with Crippen LogP contribution in [0.1, 0.15) is 50.5 Å². The molecule has 0 aromatic carbocycles. The van der Waals surface area contributed by atoms with Crippen LogP contribution < -0.4 is 0 Å². The first-order chi connectivity index (χ1) is 11.0. The monoisotopic (exact) mass is 318 g/mol. The predicted octanol–water partition coefficient (Wildman–Crippen LogP) is 2.01. The van der Waals surface area contributed by atoms with Crippen molar-refractivity contribution in [2.24, 2.45) is 5.92 Å². The summed E-state index contributed by atoms with van der Waals surface area (Å²) >= 11 is 0. The van der Waals surface area contributed by atoms with E-state index in [1.807, 2.05) is 30.9 Å². The average molecular weight is 318 g/mol. The summed E-state index contributed by atoms with van der Waals surface area (Å²) in [6.07, 6.45) is 4.25. The van der Waals surface area contributed by atoms with Crippen LogP contribution in [0.4, 0.5) is 0 Å². The second-order valence-electron chi connectivity index (χ2n) is 6.65. The van der Waals surface area contributed by atoms with Crippen LogP contribution in [0.15, 0.2) is 16.3 Å². The number of fused-ring (bicyclic) bond motifs is 2. The van der Waals surface area contributed by atoms with Crippen molar-refractivity contribution in [3.8, 4) is 0 Å². The summed E-state index contributed by atoms with van der Waals surface area (Å²) in [6.45, 7) is 4.78. The lowest BCUT2D eigenvalue weighted by molar-refractivity contribution is -0.272. The van der Waals surface area contributed by atoms with Gasteiger partial charge < -0.3 is 18.9 Å². The van der Waals surface area contributed by atoms with Crippen molar-refractivity contribution in [2.45, 2.75) is 44.9 Å². The first kappa shape index (κ1) is 14.3. The van der Waals surface area contributed by atoms with Gasteiger partial charge in [-0.25, -0.2) is 9.59 Å². The summed E-state index contributed by atoms with van der Waals surface area (Å²) < 4.78 is 15.9. The molecule has 1 spiro atoms. The van der Waals surface area contributed by atoms with Crippen LogP contribution in [0.25, 0.3) is 6.08 Å². The molecule has 0 radical (unpaired) electrons. The smallest absolute Gasteiger partial charge is 0.395 e. The van der Waals surface area contributed by atoms with E-state index in [4.69, 9.17) is 14.0 Å². The Morgan fingerprint density at radius 1 is 1.35 bits per heavy atom. The van der Waals surface area contributed by atoms with Crippen LogP contribution >= 0.6 is 0 Å². The minimum Gasteiger partial charge on any atom is -0.395 e. The quantitative estimate of drug-likeness (QED) is 0.609. The van der Waals surface area contributed by atoms with Gasteiger partial charge in [0.1, 0.15) is 0 Å². The second-order valence-corrected chi connectivity index (χ2v) is 6.65. The Hall–Kier alpha value is -2.31. The highest BCUT2D eigenvalue weighted by Gasteiger charge is 2.59. The van der Waals surface area contributed by atoms with Gasteiger partial charge in [0.05, 0.1) is 12.1 Å². The Bertz CT molecular complexity index is 689. The molecule has 4 fully saturated rings. The van der Waals surface area contributed by atoms with E-state index in [2.05, 4.69) is 5.16 Å². The van der Waals surface area contributed by atoms with Crippen molar-refractivity contribution in [3.63, 3.8) is 0 Å². The van der Waals surface area contributed by atoms with Gasteiger partial charge in [0.2, 0.25) is 0 Å². The van der Waals surface area contributed by atoms with Gasteiger partial charge in [-0.2, -0.15) is 0 Å². The zero-order chi connectivity index (χ0) is 16.2. The summed E-state index contributed by atoms with van der Waals surface area (Å²) in [5.41, 5.74) is 1.84. The van der Waals surface area contributed by atoms with Crippen LogP contribution in [0.3, 0.4) is 0 Å². The van der Waals surface area contributed by atoms with E-state index in [1.54, 1.807) is 0 Å². The molecule has 1 unspecified atom stereocenters. The molecule has 23 heavy (non-hydrogen) atoms. The van der Waals surface area contributed by atoms with E-state index < -0.39 is 17.8 Å². The minimum atomic E-state index is -1.26. The number of piperidine rings is 3. The predicted molar refractivity (Wildman–Crippen MR) is 77.5 cm³/mol. The van der Waals surface area contributed by atoms with Gasteiger partial charge in [0.25, 0.3) is 0 Å². The Balaban J connectivity index is 1.65. The van der Waals surface area contributed by atoms with Crippen LogP contribution in [-0.4, -0.2) is 34.5 Å². The molecule has 5 rings (SSSR count). The number of allylic oxidation sites excluding steroid dienone is 1. The maximum atomic E-state index is 11.5. The van der Waals surface area contributed by atoms with Crippen molar-refractivity contribution in [1.82, 2.24) is 10.1 Å². The Morgan fingerprint density at radius 2 is 2.09 bits per heavy atom. The lowest BCUT2D eigenvalue weighted by atomic mass is 9.83. The molecule has 5 heterocycles. The van der Waals surface area contributed by atoms with Gasteiger partial charge in [0.15, 0.2) is 5.76 Å². The van der Waals surface area contributed by atoms with E-state index in [9.17, 15) is 9.59 Å². The molecule has 1 aromatic rings. The Kier molecular flexibility index (Phi) is 3.01. The second kappa shape index (κ2) is 4.84. The fourth-order valence-electron chi connectivity index (χ4n) is 3.53. The van der Waals surface area contributed by atoms with Crippen molar-refractivity contribution >= 4 is 18.0 Å². The molecule has 4 aliphatic heterocycles. The van der Waals surface area contributed by atoms with Gasteiger partial charge in [-0.05, 0) is 24.7 Å². The maximum Gasteiger partial charge on any atom is 0.422 e. The minimum absolute atomic E-state index is 0.289. The maximum absolute atomic E-state index is 11.5. The van der Waals surface area contributed by atoms with Crippen LogP contribution in [0.2, 0.25) is 0 Å². The summed E-state index contributed by atoms with van der Waals surface area (Å²) in [4.78, 5) is 24.9. The van der Waals surface area contributed by atoms with Crippen molar-refractivity contribution in [2.75, 3.05) is 6.54 Å². The van der Waals surface area contributed by atoms with E-state index >= 15 is 0 Å². The van der Waals surface area contributed by atoms with E-state index in [-0.39, 0.29) is 5.92 Å². The number of aromatic nitrogens is 1. The van der Waals surface area contributed by atoms with E-state index in [0.717, 1.165) is 24.2 Å². The molecule has 4 aliphatic rings. The van der Waals surface area contributed by atoms with Gasteiger partial charge in [-0.15, -0.1) is 0 Å². The standard InChI is InChI=1S/C16H18N2O5/c1-9(2)13-7-12(23-17-13)6-11-5-10-3-4-18(11)16(8-10)21-14(19)15(20)22-16/h6-7,9-10H,3-5,8H2,1-2H3/b11-6-. The molecular weight excluding hydrogens is 300 g/mol. The Morgan fingerprint density at radius 3 is 2.70 bits per heavy atom. The topological polar surface area (TPSA) is 81.9 Å². The number of hydrogen-bond donors (Lipinski definition) is 0. The Labute approximate surface area is 133 Å². The lowest BCUT2D eigenvalue weighted by Gasteiger charge is -2.50. The van der Waals surface area contributed by atoms with Crippen LogP contribution in [0, 0.1) is 5.92 Å². The number of ether oxygens (including phenoxy) is 2. The van der Waals surface area contributed by atoms with Crippen LogP contribution in [0.5, 0.6) is 0 Å². The number of esters is 2. The van der Waals surface area contributed by atoms with Gasteiger partial charge >= 0.3 is 17.8 Å². The number of carbonyl (C=O) groups is 2. The highest BCUT2D eigenvalue weighted by Crippen LogP contribution is 2.48. The van der Waals surface area contributed by atoms with E-state index in [1.165, 1.54) is 0 Å². The number of carbonyl (C=O) groups excluding carboxylic acids is 2. The molecule has 0 N–H and O–H groups in total. The summed E-state index contributed by atoms with van der Waals surface area (Å²) in [5, 5.41) is 4.05. The SMILES string of the molecule is CC(C)c1cc(/C=C2/CC3CCN2C2(C3)OC(=O)C(=O)O2)on1. The molecular formula is C16H18N2O5. The molecule has 1 aromatic heterocycles. The summed E-state index contributed by atoms with van der Waals surface area (Å²) in [7, 11) is 0. The number of hydrogen-bond acceptors (Lipinski definition) is 7. The zero-order valence-electron chi connectivity index (χ0n) is 13.1. The molecule has 7 nitrogen and oxygen atoms in total. The molecule has 1 atom stereocenters. The largest absolute Gasteiger partial charge is 0.422 e. The van der Waals surface area contributed by atoms with Gasteiger partial charge in [-0.3, -0.25) is 0 Å². The third-order valence-electron chi connectivity index (χ3n) is 4.68. The molecule has 0 saturated carbocycles. The van der Waals surface area contributed by atoms with Gasteiger partial charge in [0, 0.05) is 24.4 Å². The molecule has 2 bridgehead atoms. The molecule has 122 valence electrons. The zero-order valence-corrected chi connectivity index (χ0v) is 13.1. The van der Waals surface area contributed by atoms with Crippen molar-refractivity contribution in [1.29, 1.82) is 0 Å². The molecule has 0 amide bonds. The average Bonchev–Trinajstić information content (AvgIpc) is 3.05. The summed E-state index contributed by atoms with van der Waals surface area (Å²) in [5.74, 6) is -1.84. The first-order valence-electron chi connectivity index (χ1n) is 7.88. The fourth-order valence-corrected chi connectivity index (χ4v) is 3.53. The van der Waals surface area contributed by atoms with Crippen LogP contribution in [-0.2, 0) is 19.1 Å². The highest BCUT2D eigenvalue weighted by atomic mass is 16.8. The molecule has 0 aliphatic carbocycles. The van der Waals surface area contributed by atoms with Crippen molar-refractivity contribution < 1.29 is 23.6 Å². The molecule has 4 saturated heterocycles. The lowest BCUT2D eigenvalue weighted by Crippen LogP contribution is -2.58. The first-order valence-corrected chi connectivity index (χ1v) is 7.88.